The van der Waals surface area contributed by atoms with Gasteiger partial charge in [0.15, 0.2) is 0 Å². The molecule has 0 aliphatic heterocycles. The van der Waals surface area contributed by atoms with Crippen molar-refractivity contribution in [1.82, 2.24) is 0 Å². The third-order valence-corrected chi connectivity index (χ3v) is 3.43. The molecule has 1 aliphatic rings. The summed E-state index contributed by atoms with van der Waals surface area (Å²) < 4.78 is 0. The summed E-state index contributed by atoms with van der Waals surface area (Å²) in [7, 11) is 0. The van der Waals surface area contributed by atoms with E-state index in [1.54, 1.807) is 0 Å². The second kappa shape index (κ2) is 2.50. The normalized spacial score (nSPS) is 35.5. The standard InChI is InChI=1S/C9H18N2/c1-6-4-5-7(8(10)11)9(6,2)3/h6-7H,4-5H2,1-3H3,(H3,10,11)/t6?,7-/m1/s1. The largest absolute Gasteiger partial charge is 0.387 e. The van der Waals surface area contributed by atoms with Crippen LogP contribution in [0.5, 0.6) is 0 Å². The highest BCUT2D eigenvalue weighted by molar-refractivity contribution is 5.80. The van der Waals surface area contributed by atoms with E-state index < -0.39 is 0 Å². The zero-order valence-electron chi connectivity index (χ0n) is 7.65. The maximum Gasteiger partial charge on any atom is 0.0942 e. The lowest BCUT2D eigenvalue weighted by Crippen LogP contribution is -2.33. The second-order valence-electron chi connectivity index (χ2n) is 4.31. The Hall–Kier alpha value is -0.530. The quantitative estimate of drug-likeness (QED) is 0.440. The van der Waals surface area contributed by atoms with Gasteiger partial charge in [0.1, 0.15) is 0 Å². The van der Waals surface area contributed by atoms with Gasteiger partial charge >= 0.3 is 0 Å². The monoisotopic (exact) mass is 154 g/mol. The van der Waals surface area contributed by atoms with E-state index in [9.17, 15) is 0 Å². The molecule has 64 valence electrons. The van der Waals surface area contributed by atoms with E-state index in [0.29, 0.717) is 17.7 Å². The van der Waals surface area contributed by atoms with Crippen molar-refractivity contribution in [3.8, 4) is 0 Å². The van der Waals surface area contributed by atoms with Gasteiger partial charge in [-0.1, -0.05) is 20.8 Å². The average molecular weight is 154 g/mol. The van der Waals surface area contributed by atoms with Gasteiger partial charge in [-0.25, -0.2) is 0 Å². The molecule has 0 saturated heterocycles. The fourth-order valence-corrected chi connectivity index (χ4v) is 2.06. The first-order valence-corrected chi connectivity index (χ1v) is 4.30. The van der Waals surface area contributed by atoms with E-state index in [1.807, 2.05) is 0 Å². The minimum absolute atomic E-state index is 0.242. The lowest BCUT2D eigenvalue weighted by atomic mass is 9.76. The summed E-state index contributed by atoms with van der Waals surface area (Å²) in [5, 5.41) is 7.41. The molecule has 0 radical (unpaired) electrons. The highest BCUT2D eigenvalue weighted by atomic mass is 14.7. The van der Waals surface area contributed by atoms with Gasteiger partial charge < -0.3 is 5.73 Å². The van der Waals surface area contributed by atoms with Crippen molar-refractivity contribution in [3.63, 3.8) is 0 Å². The predicted octanol–water partition coefficient (Wildman–Crippen LogP) is 1.99. The highest BCUT2D eigenvalue weighted by Crippen LogP contribution is 2.46. The molecule has 0 aromatic rings. The molecule has 1 unspecified atom stereocenters. The Morgan fingerprint density at radius 3 is 2.18 bits per heavy atom. The smallest absolute Gasteiger partial charge is 0.0942 e. The zero-order valence-corrected chi connectivity index (χ0v) is 7.65. The molecule has 3 N–H and O–H groups in total. The van der Waals surface area contributed by atoms with Gasteiger partial charge in [-0.3, -0.25) is 5.41 Å². The summed E-state index contributed by atoms with van der Waals surface area (Å²) in [5.41, 5.74) is 5.76. The van der Waals surface area contributed by atoms with Crippen molar-refractivity contribution in [1.29, 1.82) is 5.41 Å². The molecule has 2 heteroatoms. The summed E-state index contributed by atoms with van der Waals surface area (Å²) in [6, 6.07) is 0. The Morgan fingerprint density at radius 1 is 1.45 bits per heavy atom. The Bertz CT molecular complexity index is 172. The van der Waals surface area contributed by atoms with Crippen LogP contribution in [0.15, 0.2) is 0 Å². The predicted molar refractivity (Wildman–Crippen MR) is 47.6 cm³/mol. The Morgan fingerprint density at radius 2 is 2.00 bits per heavy atom. The van der Waals surface area contributed by atoms with Gasteiger partial charge in [0.05, 0.1) is 5.84 Å². The summed E-state index contributed by atoms with van der Waals surface area (Å²) in [5.74, 6) is 1.40. The van der Waals surface area contributed by atoms with Crippen LogP contribution in [0, 0.1) is 22.7 Å². The first-order chi connectivity index (χ1) is 4.96. The topological polar surface area (TPSA) is 49.9 Å². The van der Waals surface area contributed by atoms with Crippen molar-refractivity contribution in [2.75, 3.05) is 0 Å². The zero-order chi connectivity index (χ0) is 8.65. The molecule has 11 heavy (non-hydrogen) atoms. The summed E-state index contributed by atoms with van der Waals surface area (Å²) in [6.07, 6.45) is 2.32. The molecule has 1 fully saturated rings. The fraction of sp³-hybridized carbons (Fsp3) is 0.889. The van der Waals surface area contributed by atoms with Crippen molar-refractivity contribution in [2.24, 2.45) is 23.0 Å². The van der Waals surface area contributed by atoms with E-state index in [-0.39, 0.29) is 5.41 Å². The van der Waals surface area contributed by atoms with Crippen molar-refractivity contribution >= 4 is 5.84 Å². The summed E-state index contributed by atoms with van der Waals surface area (Å²) in [6.45, 7) is 6.69. The number of hydrogen-bond donors (Lipinski definition) is 2. The summed E-state index contributed by atoms with van der Waals surface area (Å²) >= 11 is 0. The third kappa shape index (κ3) is 1.26. The van der Waals surface area contributed by atoms with E-state index in [4.69, 9.17) is 11.1 Å². The first kappa shape index (κ1) is 8.57. The lowest BCUT2D eigenvalue weighted by molar-refractivity contribution is 0.242. The van der Waals surface area contributed by atoms with Crippen LogP contribution in [0.2, 0.25) is 0 Å². The molecule has 0 bridgehead atoms. The average Bonchev–Trinajstić information content (AvgIpc) is 2.08. The van der Waals surface area contributed by atoms with E-state index >= 15 is 0 Å². The highest BCUT2D eigenvalue weighted by Gasteiger charge is 2.41. The molecular formula is C9H18N2. The van der Waals surface area contributed by atoms with Gasteiger partial charge in [0.25, 0.3) is 0 Å². The number of amidine groups is 1. The van der Waals surface area contributed by atoms with Gasteiger partial charge in [-0.2, -0.15) is 0 Å². The van der Waals surface area contributed by atoms with Crippen LogP contribution in [0.3, 0.4) is 0 Å². The van der Waals surface area contributed by atoms with Crippen LogP contribution >= 0.6 is 0 Å². The molecule has 1 rings (SSSR count). The van der Waals surface area contributed by atoms with Crippen molar-refractivity contribution in [2.45, 2.75) is 33.6 Å². The number of nitrogens with two attached hydrogens (primary N) is 1. The van der Waals surface area contributed by atoms with Crippen LogP contribution < -0.4 is 5.73 Å². The van der Waals surface area contributed by atoms with Crippen LogP contribution in [-0.2, 0) is 0 Å². The third-order valence-electron chi connectivity index (χ3n) is 3.43. The Kier molecular flexibility index (Phi) is 1.95. The number of nitrogens with one attached hydrogen (secondary N) is 1. The number of hydrogen-bond acceptors (Lipinski definition) is 1. The molecule has 2 atom stereocenters. The van der Waals surface area contributed by atoms with E-state index in [1.165, 1.54) is 6.42 Å². The molecule has 1 saturated carbocycles. The van der Waals surface area contributed by atoms with Crippen LogP contribution in [-0.4, -0.2) is 5.84 Å². The van der Waals surface area contributed by atoms with Gasteiger partial charge in [0.2, 0.25) is 0 Å². The molecule has 0 aromatic heterocycles. The molecule has 2 nitrogen and oxygen atoms in total. The molecule has 0 spiro atoms. The van der Waals surface area contributed by atoms with E-state index in [2.05, 4.69) is 20.8 Å². The fourth-order valence-electron chi connectivity index (χ4n) is 2.06. The second-order valence-corrected chi connectivity index (χ2v) is 4.31. The van der Waals surface area contributed by atoms with Gasteiger partial charge in [-0.15, -0.1) is 0 Å². The van der Waals surface area contributed by atoms with Crippen LogP contribution in [0.4, 0.5) is 0 Å². The molecule has 0 aromatic carbocycles. The van der Waals surface area contributed by atoms with Crippen molar-refractivity contribution in [3.05, 3.63) is 0 Å². The SMILES string of the molecule is CC1CC[C@H](C(=N)N)C1(C)C. The van der Waals surface area contributed by atoms with E-state index in [0.717, 1.165) is 6.42 Å². The summed E-state index contributed by atoms with van der Waals surface area (Å²) in [4.78, 5) is 0. The minimum Gasteiger partial charge on any atom is -0.387 e. The molecule has 0 amide bonds. The van der Waals surface area contributed by atoms with Crippen LogP contribution in [0.25, 0.3) is 0 Å². The maximum absolute atomic E-state index is 7.41. The van der Waals surface area contributed by atoms with Crippen LogP contribution in [0.1, 0.15) is 33.6 Å². The Balaban J connectivity index is 2.78. The molecule has 0 heterocycles. The Labute approximate surface area is 68.7 Å². The number of rotatable bonds is 1. The molecule has 1 aliphatic carbocycles. The minimum atomic E-state index is 0.242. The first-order valence-electron chi connectivity index (χ1n) is 4.30. The molecular weight excluding hydrogens is 136 g/mol. The van der Waals surface area contributed by atoms with Crippen molar-refractivity contribution < 1.29 is 0 Å². The van der Waals surface area contributed by atoms with Gasteiger partial charge in [0, 0.05) is 5.92 Å². The van der Waals surface area contributed by atoms with Gasteiger partial charge in [-0.05, 0) is 24.2 Å². The maximum atomic E-state index is 7.41. The lowest BCUT2D eigenvalue weighted by Gasteiger charge is -2.30.